The molecule has 3 N–H and O–H groups in total. The summed E-state index contributed by atoms with van der Waals surface area (Å²) in [5.41, 5.74) is 0. The van der Waals surface area contributed by atoms with Gasteiger partial charge in [-0.15, -0.1) is 0 Å². The van der Waals surface area contributed by atoms with Crippen LogP contribution >= 0.6 is 0 Å². The van der Waals surface area contributed by atoms with E-state index >= 15 is 0 Å². The molecular weight excluding hydrogens is 256 g/mol. The van der Waals surface area contributed by atoms with E-state index in [1.807, 2.05) is 0 Å². The normalized spacial score (nSPS) is 11.8. The summed E-state index contributed by atoms with van der Waals surface area (Å²) in [6, 6.07) is 0. The molecule has 0 aromatic rings. The second kappa shape index (κ2) is 12.3. The minimum Gasteiger partial charge on any atom is -0.344 e. The molecule has 0 heterocycles. The van der Waals surface area contributed by atoms with Crippen LogP contribution < -0.4 is 0 Å². The van der Waals surface area contributed by atoms with E-state index in [2.05, 4.69) is 6.92 Å². The van der Waals surface area contributed by atoms with Gasteiger partial charge in [-0.1, -0.05) is 58.3 Å². The van der Waals surface area contributed by atoms with Crippen molar-refractivity contribution in [3.05, 3.63) is 0 Å². The van der Waals surface area contributed by atoms with Gasteiger partial charge in [0, 0.05) is 19.3 Å². The van der Waals surface area contributed by atoms with E-state index in [1.165, 1.54) is 44.9 Å². The van der Waals surface area contributed by atoms with E-state index in [1.54, 1.807) is 0 Å². The lowest BCUT2D eigenvalue weighted by molar-refractivity contribution is -0.314. The highest BCUT2D eigenvalue weighted by Crippen LogP contribution is 2.12. The first-order valence-corrected chi connectivity index (χ1v) is 8.14. The minimum absolute atomic E-state index is 0.150. The molecular formula is C16H32O4. The molecule has 0 saturated heterocycles. The molecule has 0 aliphatic carbocycles. The first-order chi connectivity index (χ1) is 9.45. The third kappa shape index (κ3) is 15.6. The minimum atomic E-state index is -2.63. The molecule has 0 unspecified atom stereocenters. The van der Waals surface area contributed by atoms with Gasteiger partial charge in [0.05, 0.1) is 0 Å². The molecule has 0 aromatic heterocycles. The molecule has 0 aliphatic rings. The number of aliphatic hydroxyl groups is 3. The van der Waals surface area contributed by atoms with Gasteiger partial charge in [-0.3, -0.25) is 4.79 Å². The summed E-state index contributed by atoms with van der Waals surface area (Å²) in [6.45, 7) is 2.22. The zero-order valence-electron chi connectivity index (χ0n) is 12.9. The number of hydrogen-bond donors (Lipinski definition) is 3. The summed E-state index contributed by atoms with van der Waals surface area (Å²) in [4.78, 5) is 11.5. The fourth-order valence-corrected chi connectivity index (χ4v) is 2.28. The van der Waals surface area contributed by atoms with Crippen molar-refractivity contribution in [2.24, 2.45) is 0 Å². The number of carbonyl (C=O) groups is 1. The Hall–Kier alpha value is -0.450. The highest BCUT2D eigenvalue weighted by molar-refractivity contribution is 5.78. The number of Topliss-reactive ketones (excluding diaryl/α,β-unsaturated/α-hetero) is 1. The van der Waals surface area contributed by atoms with Gasteiger partial charge in [-0.2, -0.15) is 0 Å². The second-order valence-electron chi connectivity index (χ2n) is 5.74. The highest BCUT2D eigenvalue weighted by Gasteiger charge is 2.17. The van der Waals surface area contributed by atoms with E-state index < -0.39 is 5.97 Å². The van der Waals surface area contributed by atoms with E-state index in [4.69, 9.17) is 15.3 Å². The summed E-state index contributed by atoms with van der Waals surface area (Å²) in [7, 11) is 0. The van der Waals surface area contributed by atoms with Crippen LogP contribution in [0, 0.1) is 0 Å². The molecule has 0 aromatic carbocycles. The van der Waals surface area contributed by atoms with Gasteiger partial charge in [0.15, 0.2) is 0 Å². The monoisotopic (exact) mass is 288 g/mol. The molecule has 4 nitrogen and oxygen atoms in total. The molecule has 0 bridgehead atoms. The van der Waals surface area contributed by atoms with Crippen molar-refractivity contribution in [3.63, 3.8) is 0 Å². The highest BCUT2D eigenvalue weighted by atomic mass is 16.7. The average Bonchev–Trinajstić information content (AvgIpc) is 2.35. The Kier molecular flexibility index (Phi) is 12.0. The van der Waals surface area contributed by atoms with Crippen LogP contribution in [0.4, 0.5) is 0 Å². The van der Waals surface area contributed by atoms with E-state index in [0.29, 0.717) is 19.3 Å². The fraction of sp³-hybridized carbons (Fsp3) is 0.938. The molecule has 20 heavy (non-hydrogen) atoms. The molecule has 4 heteroatoms. The van der Waals surface area contributed by atoms with E-state index in [-0.39, 0.29) is 12.2 Å². The Morgan fingerprint density at radius 3 is 1.70 bits per heavy atom. The molecule has 120 valence electrons. The first kappa shape index (κ1) is 19.6. The lowest BCUT2D eigenvalue weighted by Crippen LogP contribution is -2.26. The van der Waals surface area contributed by atoms with Crippen LogP contribution in [-0.4, -0.2) is 27.1 Å². The van der Waals surface area contributed by atoms with Gasteiger partial charge < -0.3 is 15.3 Å². The van der Waals surface area contributed by atoms with Gasteiger partial charge in [0.1, 0.15) is 5.78 Å². The molecule has 0 atom stereocenters. The number of unbranched alkanes of at least 4 members (excludes halogenated alkanes) is 8. The summed E-state index contributed by atoms with van der Waals surface area (Å²) in [5.74, 6) is -2.48. The van der Waals surface area contributed by atoms with Crippen LogP contribution in [0.2, 0.25) is 0 Å². The van der Waals surface area contributed by atoms with Crippen molar-refractivity contribution >= 4 is 5.78 Å². The predicted octanol–water partition coefficient (Wildman–Crippen LogP) is 3.28. The Balaban J connectivity index is 3.23. The van der Waals surface area contributed by atoms with Gasteiger partial charge in [0.2, 0.25) is 0 Å². The van der Waals surface area contributed by atoms with Crippen LogP contribution in [0.25, 0.3) is 0 Å². The Labute approximate surface area is 123 Å². The third-order valence-electron chi connectivity index (χ3n) is 3.53. The van der Waals surface area contributed by atoms with Crippen LogP contribution in [0.5, 0.6) is 0 Å². The number of carbonyl (C=O) groups excluding carboxylic acids is 1. The maximum absolute atomic E-state index is 11.5. The summed E-state index contributed by atoms with van der Waals surface area (Å²) in [5, 5.41) is 26.0. The lowest BCUT2D eigenvalue weighted by Gasteiger charge is -2.12. The van der Waals surface area contributed by atoms with Crippen molar-refractivity contribution in [1.82, 2.24) is 0 Å². The number of rotatable bonds is 14. The maximum Gasteiger partial charge on any atom is 0.275 e. The van der Waals surface area contributed by atoms with Gasteiger partial charge in [-0.05, 0) is 12.8 Å². The second-order valence-corrected chi connectivity index (χ2v) is 5.74. The Morgan fingerprint density at radius 2 is 1.20 bits per heavy atom. The molecule has 0 rings (SSSR count). The summed E-state index contributed by atoms with van der Waals surface area (Å²) >= 11 is 0. The molecule has 0 radical (unpaired) electrons. The maximum atomic E-state index is 11.5. The number of ketones is 1. The van der Waals surface area contributed by atoms with E-state index in [0.717, 1.165) is 12.8 Å². The van der Waals surface area contributed by atoms with Crippen molar-refractivity contribution in [2.75, 3.05) is 0 Å². The molecule has 0 spiro atoms. The predicted molar refractivity (Wildman–Crippen MR) is 80.1 cm³/mol. The Bertz CT molecular complexity index is 233. The topological polar surface area (TPSA) is 77.8 Å². The van der Waals surface area contributed by atoms with E-state index in [9.17, 15) is 4.79 Å². The third-order valence-corrected chi connectivity index (χ3v) is 3.53. The number of hydrogen-bond acceptors (Lipinski definition) is 4. The molecule has 0 fully saturated rings. The van der Waals surface area contributed by atoms with Crippen molar-refractivity contribution in [2.45, 2.75) is 96.4 Å². The Morgan fingerprint density at radius 1 is 0.750 bits per heavy atom. The SMILES string of the molecule is CCCCCCCCCCCC(=O)CCCC(O)(O)O. The zero-order chi connectivity index (χ0) is 15.3. The quantitative estimate of drug-likeness (QED) is 0.338. The first-order valence-electron chi connectivity index (χ1n) is 8.14. The van der Waals surface area contributed by atoms with Crippen LogP contribution in [0.3, 0.4) is 0 Å². The van der Waals surface area contributed by atoms with Gasteiger partial charge in [-0.25, -0.2) is 0 Å². The van der Waals surface area contributed by atoms with Crippen LogP contribution in [0.1, 0.15) is 90.4 Å². The lowest BCUT2D eigenvalue weighted by atomic mass is 10.0. The van der Waals surface area contributed by atoms with Crippen LogP contribution in [-0.2, 0) is 4.79 Å². The molecule has 0 saturated carbocycles. The van der Waals surface area contributed by atoms with Gasteiger partial charge in [0.25, 0.3) is 5.97 Å². The fourth-order valence-electron chi connectivity index (χ4n) is 2.28. The summed E-state index contributed by atoms with van der Waals surface area (Å²) in [6.07, 6.45) is 12.1. The van der Waals surface area contributed by atoms with Crippen molar-refractivity contribution < 1.29 is 20.1 Å². The van der Waals surface area contributed by atoms with Crippen LogP contribution in [0.15, 0.2) is 0 Å². The zero-order valence-corrected chi connectivity index (χ0v) is 12.9. The smallest absolute Gasteiger partial charge is 0.275 e. The van der Waals surface area contributed by atoms with Gasteiger partial charge >= 0.3 is 0 Å². The standard InChI is InChI=1S/C16H32O4/c1-2-3-4-5-6-7-8-9-10-12-15(17)13-11-14-16(18,19)20/h18-20H,2-14H2,1H3. The molecule has 0 aliphatic heterocycles. The molecule has 0 amide bonds. The van der Waals surface area contributed by atoms with Crippen molar-refractivity contribution in [3.8, 4) is 0 Å². The summed E-state index contributed by atoms with van der Waals surface area (Å²) < 4.78 is 0. The average molecular weight is 288 g/mol. The van der Waals surface area contributed by atoms with Crippen molar-refractivity contribution in [1.29, 1.82) is 0 Å². The largest absolute Gasteiger partial charge is 0.344 e.